The molecule has 0 spiro atoms. The van der Waals surface area contributed by atoms with Crippen molar-refractivity contribution in [2.45, 2.75) is 19.9 Å². The van der Waals surface area contributed by atoms with E-state index in [-0.39, 0.29) is 18.8 Å². The second-order valence-corrected chi connectivity index (χ2v) is 5.03. The van der Waals surface area contributed by atoms with Crippen molar-refractivity contribution in [2.75, 3.05) is 20.2 Å². The predicted molar refractivity (Wildman–Crippen MR) is 75.2 cm³/mol. The average Bonchev–Trinajstić information content (AvgIpc) is 2.93. The molecule has 1 aromatic heterocycles. The molecule has 0 radical (unpaired) electrons. The summed E-state index contributed by atoms with van der Waals surface area (Å²) in [6.45, 7) is 2.28. The second kappa shape index (κ2) is 8.20. The van der Waals surface area contributed by atoms with Gasteiger partial charge in [-0.3, -0.25) is 4.79 Å². The Morgan fingerprint density at radius 1 is 1.48 bits per heavy atom. The first-order chi connectivity index (χ1) is 9.97. The van der Waals surface area contributed by atoms with Gasteiger partial charge in [0.1, 0.15) is 11.6 Å². The van der Waals surface area contributed by atoms with Crippen molar-refractivity contribution in [1.82, 2.24) is 15.2 Å². The minimum atomic E-state index is -1.11. The molecule has 0 aliphatic rings. The zero-order chi connectivity index (χ0) is 15.8. The average molecular weight is 315 g/mol. The quantitative estimate of drug-likeness (QED) is 0.725. The topological polar surface area (TPSA) is 109 Å². The summed E-state index contributed by atoms with van der Waals surface area (Å²) < 4.78 is 4.53. The van der Waals surface area contributed by atoms with E-state index in [0.29, 0.717) is 18.0 Å². The maximum atomic E-state index is 12.0. The number of methoxy groups -OCH3 is 1. The van der Waals surface area contributed by atoms with Gasteiger partial charge >= 0.3 is 18.0 Å². The molecule has 8 nitrogen and oxygen atoms in total. The van der Waals surface area contributed by atoms with Crippen molar-refractivity contribution >= 4 is 29.3 Å². The van der Waals surface area contributed by atoms with Crippen LogP contribution >= 0.6 is 11.3 Å². The van der Waals surface area contributed by atoms with Gasteiger partial charge in [-0.25, -0.2) is 14.6 Å². The largest absolute Gasteiger partial charge is 0.476 e. The zero-order valence-corrected chi connectivity index (χ0v) is 12.6. The highest BCUT2D eigenvalue weighted by Gasteiger charge is 2.17. The van der Waals surface area contributed by atoms with Crippen molar-refractivity contribution in [3.63, 3.8) is 0 Å². The minimum Gasteiger partial charge on any atom is -0.476 e. The monoisotopic (exact) mass is 315 g/mol. The van der Waals surface area contributed by atoms with Crippen LogP contribution in [0.5, 0.6) is 0 Å². The summed E-state index contributed by atoms with van der Waals surface area (Å²) in [5.74, 6) is -1.61. The fourth-order valence-corrected chi connectivity index (χ4v) is 2.20. The molecule has 1 aromatic rings. The Labute approximate surface area is 125 Å². The smallest absolute Gasteiger partial charge is 0.355 e. The highest BCUT2D eigenvalue weighted by Crippen LogP contribution is 2.09. The van der Waals surface area contributed by atoms with Gasteiger partial charge in [0, 0.05) is 11.9 Å². The summed E-state index contributed by atoms with van der Waals surface area (Å²) in [4.78, 5) is 39.1. The van der Waals surface area contributed by atoms with Crippen molar-refractivity contribution in [3.05, 3.63) is 16.1 Å². The molecule has 2 amide bonds. The van der Waals surface area contributed by atoms with Gasteiger partial charge in [0.2, 0.25) is 0 Å². The number of carboxylic acids is 1. The van der Waals surface area contributed by atoms with E-state index < -0.39 is 18.0 Å². The van der Waals surface area contributed by atoms with Crippen LogP contribution in [0.4, 0.5) is 4.79 Å². The van der Waals surface area contributed by atoms with E-state index in [1.807, 2.05) is 6.92 Å². The van der Waals surface area contributed by atoms with Gasteiger partial charge in [-0.15, -0.1) is 11.3 Å². The maximum absolute atomic E-state index is 12.0. The predicted octanol–water partition coefficient (Wildman–Crippen LogP) is 0.936. The Bertz CT molecular complexity index is 517. The number of rotatable bonds is 7. The van der Waals surface area contributed by atoms with Crippen molar-refractivity contribution in [1.29, 1.82) is 0 Å². The number of aromatic carboxylic acids is 1. The van der Waals surface area contributed by atoms with E-state index in [4.69, 9.17) is 5.11 Å². The third-order valence-corrected chi connectivity index (χ3v) is 3.34. The fourth-order valence-electron chi connectivity index (χ4n) is 1.50. The Morgan fingerprint density at radius 3 is 2.71 bits per heavy atom. The molecule has 9 heteroatoms. The number of esters is 1. The summed E-state index contributed by atoms with van der Waals surface area (Å²) >= 11 is 1.15. The summed E-state index contributed by atoms with van der Waals surface area (Å²) in [5.41, 5.74) is -0.0516. The van der Waals surface area contributed by atoms with Gasteiger partial charge in [0.05, 0.1) is 13.7 Å². The summed E-state index contributed by atoms with van der Waals surface area (Å²) in [6, 6.07) is -0.422. The Balaban J connectivity index is 2.55. The molecular formula is C12H17N3O5S. The van der Waals surface area contributed by atoms with Crippen LogP contribution in [0.15, 0.2) is 5.38 Å². The lowest BCUT2D eigenvalue weighted by atomic mass is 10.4. The lowest BCUT2D eigenvalue weighted by molar-refractivity contribution is -0.141. The van der Waals surface area contributed by atoms with Gasteiger partial charge in [0.15, 0.2) is 5.69 Å². The number of hydrogen-bond donors (Lipinski definition) is 2. The number of carbonyl (C=O) groups excluding carboxylic acids is 2. The maximum Gasteiger partial charge on any atom is 0.355 e. The van der Waals surface area contributed by atoms with E-state index in [0.717, 1.165) is 11.3 Å². The van der Waals surface area contributed by atoms with Gasteiger partial charge in [0.25, 0.3) is 0 Å². The van der Waals surface area contributed by atoms with Crippen LogP contribution in [0.1, 0.15) is 28.8 Å². The van der Waals surface area contributed by atoms with Crippen LogP contribution in [0.25, 0.3) is 0 Å². The number of aromatic nitrogens is 1. The van der Waals surface area contributed by atoms with Crippen LogP contribution in [-0.4, -0.2) is 53.2 Å². The minimum absolute atomic E-state index is 0.0516. The molecule has 0 fully saturated rings. The van der Waals surface area contributed by atoms with Crippen molar-refractivity contribution in [2.24, 2.45) is 0 Å². The third-order valence-electron chi connectivity index (χ3n) is 2.49. The molecule has 2 N–H and O–H groups in total. The Hall–Kier alpha value is -2.16. The number of carbonyl (C=O) groups is 3. The highest BCUT2D eigenvalue weighted by molar-refractivity contribution is 7.09. The van der Waals surface area contributed by atoms with Crippen LogP contribution in [0.2, 0.25) is 0 Å². The molecular weight excluding hydrogens is 298 g/mol. The number of carboxylic acid groups (broad SMARTS) is 1. The molecule has 0 aromatic carbocycles. The zero-order valence-electron chi connectivity index (χ0n) is 11.8. The van der Waals surface area contributed by atoms with Gasteiger partial charge < -0.3 is 20.1 Å². The number of nitrogens with zero attached hydrogens (tertiary/aromatic N) is 2. The summed E-state index contributed by atoms with van der Waals surface area (Å²) in [7, 11) is 1.26. The van der Waals surface area contributed by atoms with Crippen LogP contribution in [0, 0.1) is 0 Å². The molecule has 0 atom stereocenters. The molecule has 0 aliphatic heterocycles. The first-order valence-corrected chi connectivity index (χ1v) is 7.13. The molecule has 21 heavy (non-hydrogen) atoms. The first kappa shape index (κ1) is 16.9. The van der Waals surface area contributed by atoms with Crippen LogP contribution in [-0.2, 0) is 16.1 Å². The number of ether oxygens (including phenoxy) is 1. The molecule has 1 heterocycles. The SMILES string of the molecule is CCCN(CC(=O)OC)C(=O)NCc1nc(C(=O)O)cs1. The lowest BCUT2D eigenvalue weighted by Crippen LogP contribution is -2.43. The Morgan fingerprint density at radius 2 is 2.19 bits per heavy atom. The van der Waals surface area contributed by atoms with Gasteiger partial charge in [-0.2, -0.15) is 0 Å². The Kier molecular flexibility index (Phi) is 6.60. The highest BCUT2D eigenvalue weighted by atomic mass is 32.1. The lowest BCUT2D eigenvalue weighted by Gasteiger charge is -2.20. The van der Waals surface area contributed by atoms with Gasteiger partial charge in [-0.05, 0) is 6.42 Å². The summed E-state index contributed by atoms with van der Waals surface area (Å²) in [5, 5.41) is 13.2. The molecule has 0 saturated heterocycles. The molecule has 116 valence electrons. The standard InChI is InChI=1S/C12H17N3O5S/c1-3-4-15(6-10(16)20-2)12(19)13-5-9-14-8(7-21-9)11(17)18/h7H,3-6H2,1-2H3,(H,13,19)(H,17,18). The fraction of sp³-hybridized carbons (Fsp3) is 0.500. The second-order valence-electron chi connectivity index (χ2n) is 4.09. The molecule has 0 saturated carbocycles. The van der Waals surface area contributed by atoms with Crippen LogP contribution < -0.4 is 5.32 Å². The van der Waals surface area contributed by atoms with E-state index in [1.165, 1.54) is 17.4 Å². The van der Waals surface area contributed by atoms with E-state index in [1.54, 1.807) is 0 Å². The molecule has 0 bridgehead atoms. The molecule has 1 rings (SSSR count). The van der Waals surface area contributed by atoms with Gasteiger partial charge in [-0.1, -0.05) is 6.92 Å². The first-order valence-electron chi connectivity index (χ1n) is 6.25. The molecule has 0 unspecified atom stereocenters. The van der Waals surface area contributed by atoms with E-state index in [2.05, 4.69) is 15.0 Å². The number of urea groups is 1. The van der Waals surface area contributed by atoms with Crippen molar-refractivity contribution < 1.29 is 24.2 Å². The molecule has 0 aliphatic carbocycles. The normalized spacial score (nSPS) is 10.0. The number of nitrogens with one attached hydrogen (secondary N) is 1. The van der Waals surface area contributed by atoms with E-state index >= 15 is 0 Å². The third kappa shape index (κ3) is 5.38. The van der Waals surface area contributed by atoms with E-state index in [9.17, 15) is 14.4 Å². The van der Waals surface area contributed by atoms with Crippen LogP contribution in [0.3, 0.4) is 0 Å². The number of thiazole rings is 1. The number of amides is 2. The summed E-state index contributed by atoms with van der Waals surface area (Å²) in [6.07, 6.45) is 0.699. The van der Waals surface area contributed by atoms with Crippen molar-refractivity contribution in [3.8, 4) is 0 Å². The number of hydrogen-bond acceptors (Lipinski definition) is 6.